The van der Waals surface area contributed by atoms with Gasteiger partial charge in [0.05, 0.1) is 5.75 Å². The number of carbonyl (C=O) groups excluding carboxylic acids is 1. The van der Waals surface area contributed by atoms with Crippen molar-refractivity contribution in [3.8, 4) is 5.75 Å². The average Bonchev–Trinajstić information content (AvgIpc) is 2.78. The van der Waals surface area contributed by atoms with Gasteiger partial charge in [-0.05, 0) is 28.0 Å². The second-order valence-electron chi connectivity index (χ2n) is 7.76. The van der Waals surface area contributed by atoms with Gasteiger partial charge < -0.3 is 4.74 Å². The van der Waals surface area contributed by atoms with E-state index in [-0.39, 0.29) is 5.75 Å². The minimum Gasteiger partial charge on any atom is -0.425 e. The Hall–Kier alpha value is -3.44. The summed E-state index contributed by atoms with van der Waals surface area (Å²) in [6, 6.07) is 29.8. The summed E-state index contributed by atoms with van der Waals surface area (Å²) in [5, 5.41) is 0.737. The molecule has 4 aromatic carbocycles. The summed E-state index contributed by atoms with van der Waals surface area (Å²) in [5.41, 5.74) is 2.13. The number of fused-ring (bicyclic) bond motifs is 2. The molecule has 0 aliphatic carbocycles. The molecule has 4 aromatic rings. The lowest BCUT2D eigenvalue weighted by atomic mass is 9.85. The second-order valence-corrected chi connectivity index (χ2v) is 9.88. The van der Waals surface area contributed by atoms with Crippen molar-refractivity contribution >= 4 is 26.6 Å². The fourth-order valence-corrected chi connectivity index (χ4v) is 6.20. The van der Waals surface area contributed by atoms with Gasteiger partial charge in [0.1, 0.15) is 5.75 Å². The molecule has 0 aromatic heterocycles. The van der Waals surface area contributed by atoms with Gasteiger partial charge >= 0.3 is 5.97 Å². The summed E-state index contributed by atoms with van der Waals surface area (Å²) in [6.07, 6.45) is 0. The predicted octanol–water partition coefficient (Wildman–Crippen LogP) is 4.87. The van der Waals surface area contributed by atoms with Crippen molar-refractivity contribution in [1.29, 1.82) is 0 Å². The Kier molecular flexibility index (Phi) is 4.83. The highest BCUT2D eigenvalue weighted by Gasteiger charge is 2.46. The Balaban J connectivity index is 1.67. The van der Waals surface area contributed by atoms with E-state index >= 15 is 0 Å². The maximum Gasteiger partial charge on any atom is 0.330 e. The van der Waals surface area contributed by atoms with Crippen LogP contribution in [0.5, 0.6) is 5.75 Å². The normalized spacial score (nSPS) is 18.4. The maximum atomic E-state index is 13.5. The zero-order valence-corrected chi connectivity index (χ0v) is 17.5. The van der Waals surface area contributed by atoms with Crippen molar-refractivity contribution in [2.75, 3.05) is 0 Å². The Morgan fingerprint density at radius 3 is 2.23 bits per heavy atom. The number of ether oxygens (including phenoxy) is 1. The molecule has 0 radical (unpaired) electrons. The smallest absolute Gasteiger partial charge is 0.330 e. The molecule has 4 nitrogen and oxygen atoms in total. The highest BCUT2D eigenvalue weighted by Crippen LogP contribution is 2.42. The highest BCUT2D eigenvalue weighted by molar-refractivity contribution is 7.92. The third-order valence-corrected chi connectivity index (χ3v) is 7.70. The zero-order chi connectivity index (χ0) is 21.4. The molecule has 1 aliphatic heterocycles. The predicted molar refractivity (Wildman–Crippen MR) is 121 cm³/mol. The van der Waals surface area contributed by atoms with Crippen LogP contribution in [0.25, 0.3) is 10.8 Å². The van der Waals surface area contributed by atoms with Crippen LogP contribution in [0.4, 0.5) is 0 Å². The first-order valence-corrected chi connectivity index (χ1v) is 11.8. The van der Waals surface area contributed by atoms with E-state index in [1.165, 1.54) is 0 Å². The van der Waals surface area contributed by atoms with E-state index in [9.17, 15) is 13.2 Å². The minimum atomic E-state index is -3.85. The lowest BCUT2D eigenvalue weighted by Crippen LogP contribution is -2.43. The van der Waals surface area contributed by atoms with Crippen molar-refractivity contribution in [3.63, 3.8) is 0 Å². The van der Waals surface area contributed by atoms with Gasteiger partial charge in [0.15, 0.2) is 15.1 Å². The summed E-state index contributed by atoms with van der Waals surface area (Å²) in [7, 11) is -3.85. The minimum absolute atomic E-state index is 0.222. The van der Waals surface area contributed by atoms with Gasteiger partial charge in [-0.25, -0.2) is 8.42 Å². The van der Waals surface area contributed by atoms with Gasteiger partial charge in [0.25, 0.3) is 0 Å². The molecule has 0 N–H and O–H groups in total. The number of esters is 1. The summed E-state index contributed by atoms with van der Waals surface area (Å²) in [6.45, 7) is 0. The van der Waals surface area contributed by atoms with E-state index in [1.807, 2.05) is 60.7 Å². The maximum absolute atomic E-state index is 13.5. The third-order valence-electron chi connectivity index (χ3n) is 5.73. The number of carbonyl (C=O) groups is 1. The number of rotatable bonds is 4. The van der Waals surface area contributed by atoms with Crippen LogP contribution in [0, 0.1) is 0 Å². The number of sulfone groups is 1. The third kappa shape index (κ3) is 3.62. The van der Waals surface area contributed by atoms with Crippen LogP contribution in [-0.2, 0) is 20.4 Å². The summed E-state index contributed by atoms with van der Waals surface area (Å²) in [5.74, 6) is -1.18. The molecular formula is C26H20O4S. The van der Waals surface area contributed by atoms with E-state index < -0.39 is 27.0 Å². The van der Waals surface area contributed by atoms with Gasteiger partial charge in [-0.2, -0.15) is 0 Å². The van der Waals surface area contributed by atoms with Crippen LogP contribution in [0.15, 0.2) is 97.1 Å². The fourth-order valence-electron chi connectivity index (χ4n) is 4.30. The molecule has 1 aliphatic rings. The van der Waals surface area contributed by atoms with Gasteiger partial charge in [-0.3, -0.25) is 4.79 Å². The van der Waals surface area contributed by atoms with E-state index in [1.54, 1.807) is 36.4 Å². The van der Waals surface area contributed by atoms with Crippen molar-refractivity contribution < 1.29 is 17.9 Å². The van der Waals surface area contributed by atoms with E-state index in [0.717, 1.165) is 16.3 Å². The van der Waals surface area contributed by atoms with Crippen molar-refractivity contribution in [2.24, 2.45) is 0 Å². The Bertz CT molecular complexity index is 1380. The highest BCUT2D eigenvalue weighted by atomic mass is 32.2. The molecule has 5 heteroatoms. The van der Waals surface area contributed by atoms with Crippen LogP contribution in [-0.4, -0.2) is 19.6 Å². The van der Waals surface area contributed by atoms with Gasteiger partial charge in [0.2, 0.25) is 0 Å². The van der Waals surface area contributed by atoms with Crippen molar-refractivity contribution in [1.82, 2.24) is 0 Å². The molecule has 0 saturated heterocycles. The van der Waals surface area contributed by atoms with E-state index in [4.69, 9.17) is 4.74 Å². The molecule has 31 heavy (non-hydrogen) atoms. The largest absolute Gasteiger partial charge is 0.425 e. The molecule has 0 saturated carbocycles. The summed E-state index contributed by atoms with van der Waals surface area (Å²) in [4.78, 5) is 13.0. The molecule has 154 valence electrons. The lowest BCUT2D eigenvalue weighted by molar-refractivity contribution is -0.135. The van der Waals surface area contributed by atoms with Crippen LogP contribution >= 0.6 is 0 Å². The monoisotopic (exact) mass is 428 g/mol. The van der Waals surface area contributed by atoms with Gasteiger partial charge in [0, 0.05) is 11.5 Å². The molecule has 5 rings (SSSR count). The lowest BCUT2D eigenvalue weighted by Gasteiger charge is -2.32. The Morgan fingerprint density at radius 2 is 1.42 bits per heavy atom. The van der Waals surface area contributed by atoms with Crippen LogP contribution in [0.3, 0.4) is 0 Å². The first-order valence-electron chi connectivity index (χ1n) is 10.1. The van der Waals surface area contributed by atoms with Gasteiger partial charge in [-0.1, -0.05) is 91.0 Å². The molecular weight excluding hydrogens is 408 g/mol. The fraction of sp³-hybridized carbons (Fsp3) is 0.115. The second kappa shape index (κ2) is 7.67. The first kappa shape index (κ1) is 19.5. The molecule has 0 bridgehead atoms. The van der Waals surface area contributed by atoms with Crippen molar-refractivity contribution in [2.45, 2.75) is 16.9 Å². The van der Waals surface area contributed by atoms with Crippen molar-refractivity contribution in [3.05, 3.63) is 114 Å². The summed E-state index contributed by atoms with van der Waals surface area (Å²) >= 11 is 0. The van der Waals surface area contributed by atoms with Crippen LogP contribution in [0.2, 0.25) is 0 Å². The number of benzene rings is 4. The quantitative estimate of drug-likeness (QED) is 0.344. The first-order chi connectivity index (χ1) is 15.0. The number of hydrogen-bond acceptors (Lipinski definition) is 4. The van der Waals surface area contributed by atoms with Crippen LogP contribution < -0.4 is 4.74 Å². The molecule has 1 heterocycles. The van der Waals surface area contributed by atoms with E-state index in [0.29, 0.717) is 16.9 Å². The zero-order valence-electron chi connectivity index (χ0n) is 16.6. The summed E-state index contributed by atoms with van der Waals surface area (Å²) < 4.78 is 32.5. The Morgan fingerprint density at radius 1 is 0.742 bits per heavy atom. The van der Waals surface area contributed by atoms with Crippen LogP contribution in [0.1, 0.15) is 22.6 Å². The molecule has 0 spiro atoms. The Labute approximate surface area is 181 Å². The number of para-hydroxylation sites is 1. The number of hydrogen-bond donors (Lipinski definition) is 0. The molecule has 0 fully saturated rings. The topological polar surface area (TPSA) is 60.4 Å². The van der Waals surface area contributed by atoms with Gasteiger partial charge in [-0.15, -0.1) is 0 Å². The average molecular weight is 429 g/mol. The van der Waals surface area contributed by atoms with E-state index in [2.05, 4.69) is 0 Å². The SMILES string of the molecule is O=C1Oc2ccccc2C(c2ccc3ccccc3c2)C1S(=O)(=O)Cc1ccccc1. The molecule has 2 unspecified atom stereocenters. The molecule has 0 amide bonds. The standard InChI is InChI=1S/C26H20O4S/c27-26-25(31(28,29)17-18-8-2-1-3-9-18)24(22-12-6-7-13-23(22)30-26)21-15-14-19-10-4-5-11-20(19)16-21/h1-16,24-25H,17H2. The molecule has 2 atom stereocenters.